The van der Waals surface area contributed by atoms with E-state index in [1.165, 1.54) is 5.57 Å². The van der Waals surface area contributed by atoms with Crippen LogP contribution in [0, 0.1) is 0 Å². The minimum Gasteiger partial charge on any atom is -0.359 e. The van der Waals surface area contributed by atoms with Crippen molar-refractivity contribution in [3.8, 4) is 0 Å². The predicted molar refractivity (Wildman–Crippen MR) is 44.3 cm³/mol. The van der Waals surface area contributed by atoms with Gasteiger partial charge in [-0.05, 0) is 13.0 Å². The molecule has 0 radical (unpaired) electrons. The molecule has 0 saturated carbocycles. The van der Waals surface area contributed by atoms with E-state index in [-0.39, 0.29) is 5.91 Å². The highest BCUT2D eigenvalue weighted by Gasteiger charge is 2.05. The molecule has 2 N–H and O–H groups in total. The van der Waals surface area contributed by atoms with Crippen molar-refractivity contribution in [1.82, 2.24) is 10.6 Å². The number of hydrogen-bond donors (Lipinski definition) is 2. The molecule has 1 aliphatic rings. The highest BCUT2D eigenvalue weighted by atomic mass is 16.1. The summed E-state index contributed by atoms with van der Waals surface area (Å²) >= 11 is 0. The number of hydrogen-bond acceptors (Lipinski definition) is 2. The second kappa shape index (κ2) is 4.13. The lowest BCUT2D eigenvalue weighted by Gasteiger charge is -2.12. The zero-order valence-corrected chi connectivity index (χ0v) is 6.81. The quantitative estimate of drug-likeness (QED) is 0.551. The molecule has 3 nitrogen and oxygen atoms in total. The van der Waals surface area contributed by atoms with E-state index in [1.54, 1.807) is 7.05 Å². The molecule has 0 unspecified atom stereocenters. The Kier molecular flexibility index (Phi) is 3.11. The van der Waals surface area contributed by atoms with Gasteiger partial charge in [-0.15, -0.1) is 0 Å². The molecule has 0 aromatic carbocycles. The minimum atomic E-state index is 0.0972. The van der Waals surface area contributed by atoms with E-state index in [2.05, 4.69) is 16.7 Å². The monoisotopic (exact) mass is 154 g/mol. The van der Waals surface area contributed by atoms with E-state index >= 15 is 0 Å². The largest absolute Gasteiger partial charge is 0.359 e. The summed E-state index contributed by atoms with van der Waals surface area (Å²) in [6.45, 7) is 1.91. The standard InChI is InChI=1S/C8H14N2O/c1-9-8(11)5-7-3-2-4-10-6-7/h3,10H,2,4-6H2,1H3,(H,9,11). The Morgan fingerprint density at radius 2 is 2.64 bits per heavy atom. The Morgan fingerprint density at radius 3 is 3.18 bits per heavy atom. The number of rotatable bonds is 2. The van der Waals surface area contributed by atoms with Gasteiger partial charge in [0.05, 0.1) is 0 Å². The summed E-state index contributed by atoms with van der Waals surface area (Å²) < 4.78 is 0. The number of amides is 1. The SMILES string of the molecule is CNC(=O)CC1=CCCNC1. The van der Waals surface area contributed by atoms with Crippen LogP contribution in [0.25, 0.3) is 0 Å². The third-order valence-corrected chi connectivity index (χ3v) is 1.77. The van der Waals surface area contributed by atoms with Gasteiger partial charge in [0.25, 0.3) is 0 Å². The van der Waals surface area contributed by atoms with E-state index in [1.807, 2.05) is 0 Å². The molecule has 3 heteroatoms. The molecule has 62 valence electrons. The lowest BCUT2D eigenvalue weighted by molar-refractivity contribution is -0.119. The topological polar surface area (TPSA) is 41.1 Å². The summed E-state index contributed by atoms with van der Waals surface area (Å²) in [7, 11) is 1.67. The van der Waals surface area contributed by atoms with Crippen molar-refractivity contribution in [2.75, 3.05) is 20.1 Å². The van der Waals surface area contributed by atoms with Crippen LogP contribution in [0.5, 0.6) is 0 Å². The molecule has 0 bridgehead atoms. The zero-order valence-electron chi connectivity index (χ0n) is 6.81. The first-order valence-corrected chi connectivity index (χ1v) is 3.92. The maximum absolute atomic E-state index is 10.9. The summed E-state index contributed by atoms with van der Waals surface area (Å²) in [6, 6.07) is 0. The van der Waals surface area contributed by atoms with Gasteiger partial charge in [0, 0.05) is 20.0 Å². The molecule has 0 spiro atoms. The lowest BCUT2D eigenvalue weighted by Crippen LogP contribution is -2.26. The summed E-state index contributed by atoms with van der Waals surface area (Å²) in [5.74, 6) is 0.0972. The molecule has 0 aliphatic carbocycles. The van der Waals surface area contributed by atoms with Crippen LogP contribution in [0.4, 0.5) is 0 Å². The van der Waals surface area contributed by atoms with Gasteiger partial charge in [0.2, 0.25) is 5.91 Å². The van der Waals surface area contributed by atoms with Crippen LogP contribution < -0.4 is 10.6 Å². The number of carbonyl (C=O) groups excluding carboxylic acids is 1. The van der Waals surface area contributed by atoms with Crippen molar-refractivity contribution in [1.29, 1.82) is 0 Å². The Balaban J connectivity index is 2.35. The Morgan fingerprint density at radius 1 is 1.82 bits per heavy atom. The van der Waals surface area contributed by atoms with E-state index in [0.717, 1.165) is 19.5 Å². The highest BCUT2D eigenvalue weighted by molar-refractivity contribution is 5.78. The average Bonchev–Trinajstić information content (AvgIpc) is 2.06. The van der Waals surface area contributed by atoms with Gasteiger partial charge in [-0.25, -0.2) is 0 Å². The maximum Gasteiger partial charge on any atom is 0.223 e. The van der Waals surface area contributed by atoms with Crippen molar-refractivity contribution in [2.45, 2.75) is 12.8 Å². The second-order valence-electron chi connectivity index (χ2n) is 2.68. The van der Waals surface area contributed by atoms with Crippen LogP contribution in [0.3, 0.4) is 0 Å². The van der Waals surface area contributed by atoms with E-state index in [9.17, 15) is 4.79 Å². The smallest absolute Gasteiger partial charge is 0.223 e. The minimum absolute atomic E-state index is 0.0972. The van der Waals surface area contributed by atoms with Crippen molar-refractivity contribution in [3.63, 3.8) is 0 Å². The molecule has 0 aromatic heterocycles. The van der Waals surface area contributed by atoms with Crippen LogP contribution in [0.2, 0.25) is 0 Å². The third-order valence-electron chi connectivity index (χ3n) is 1.77. The average molecular weight is 154 g/mol. The van der Waals surface area contributed by atoms with Crippen molar-refractivity contribution in [2.24, 2.45) is 0 Å². The van der Waals surface area contributed by atoms with E-state index in [4.69, 9.17) is 0 Å². The number of carbonyl (C=O) groups is 1. The van der Waals surface area contributed by atoms with Crippen LogP contribution in [-0.4, -0.2) is 26.0 Å². The molecule has 1 aliphatic heterocycles. The summed E-state index contributed by atoms with van der Waals surface area (Å²) in [5.41, 5.74) is 1.20. The molecule has 0 saturated heterocycles. The Labute approximate surface area is 66.9 Å². The van der Waals surface area contributed by atoms with Crippen molar-refractivity contribution >= 4 is 5.91 Å². The van der Waals surface area contributed by atoms with Gasteiger partial charge in [0.1, 0.15) is 0 Å². The lowest BCUT2D eigenvalue weighted by atomic mass is 10.1. The molecule has 0 fully saturated rings. The van der Waals surface area contributed by atoms with Crippen LogP contribution in [0.1, 0.15) is 12.8 Å². The first-order chi connectivity index (χ1) is 5.33. The fourth-order valence-corrected chi connectivity index (χ4v) is 1.13. The molecular formula is C8H14N2O. The van der Waals surface area contributed by atoms with Gasteiger partial charge in [-0.1, -0.05) is 11.6 Å². The van der Waals surface area contributed by atoms with Gasteiger partial charge in [0.15, 0.2) is 0 Å². The van der Waals surface area contributed by atoms with Crippen molar-refractivity contribution < 1.29 is 4.79 Å². The van der Waals surface area contributed by atoms with E-state index in [0.29, 0.717) is 6.42 Å². The van der Waals surface area contributed by atoms with Crippen LogP contribution in [0.15, 0.2) is 11.6 Å². The summed E-state index contributed by atoms with van der Waals surface area (Å²) in [5, 5.41) is 5.82. The van der Waals surface area contributed by atoms with Gasteiger partial charge in [-0.2, -0.15) is 0 Å². The Bertz CT molecular complexity index is 175. The fraction of sp³-hybridized carbons (Fsp3) is 0.625. The normalized spacial score (nSPS) is 17.4. The summed E-state index contributed by atoms with van der Waals surface area (Å²) in [6.07, 6.45) is 3.74. The van der Waals surface area contributed by atoms with Crippen LogP contribution in [-0.2, 0) is 4.79 Å². The molecule has 1 heterocycles. The first-order valence-electron chi connectivity index (χ1n) is 3.92. The first kappa shape index (κ1) is 8.27. The fourth-order valence-electron chi connectivity index (χ4n) is 1.13. The van der Waals surface area contributed by atoms with Gasteiger partial charge in [-0.3, -0.25) is 4.79 Å². The predicted octanol–water partition coefficient (Wildman–Crippen LogP) is 0.0422. The Hall–Kier alpha value is -0.830. The zero-order chi connectivity index (χ0) is 8.10. The molecule has 11 heavy (non-hydrogen) atoms. The molecule has 0 aromatic rings. The molecule has 1 rings (SSSR count). The maximum atomic E-state index is 10.9. The number of nitrogens with one attached hydrogen (secondary N) is 2. The van der Waals surface area contributed by atoms with E-state index < -0.39 is 0 Å². The summed E-state index contributed by atoms with van der Waals surface area (Å²) in [4.78, 5) is 10.9. The van der Waals surface area contributed by atoms with Crippen LogP contribution >= 0.6 is 0 Å². The van der Waals surface area contributed by atoms with Gasteiger partial charge < -0.3 is 10.6 Å². The second-order valence-corrected chi connectivity index (χ2v) is 2.68. The molecule has 1 amide bonds. The van der Waals surface area contributed by atoms with Crippen molar-refractivity contribution in [3.05, 3.63) is 11.6 Å². The molecule has 0 atom stereocenters. The van der Waals surface area contributed by atoms with Gasteiger partial charge >= 0.3 is 0 Å². The molecular weight excluding hydrogens is 140 g/mol. The third kappa shape index (κ3) is 2.72. The highest BCUT2D eigenvalue weighted by Crippen LogP contribution is 2.04.